The number of para-hydroxylation sites is 1. The molecule has 2 heterocycles. The van der Waals surface area contributed by atoms with Crippen LogP contribution in [0.15, 0.2) is 41.0 Å². The summed E-state index contributed by atoms with van der Waals surface area (Å²) in [5, 5.41) is 11.2. The summed E-state index contributed by atoms with van der Waals surface area (Å²) >= 11 is 0. The number of benzene rings is 1. The Morgan fingerprint density at radius 2 is 2.15 bits per heavy atom. The Bertz CT molecular complexity index is 786. The molecular formula is C19H22N2O5. The van der Waals surface area contributed by atoms with Gasteiger partial charge in [-0.2, -0.15) is 0 Å². The van der Waals surface area contributed by atoms with Crippen molar-refractivity contribution in [3.8, 4) is 0 Å². The van der Waals surface area contributed by atoms with Crippen LogP contribution in [0.2, 0.25) is 0 Å². The van der Waals surface area contributed by atoms with E-state index in [-0.39, 0.29) is 25.7 Å². The lowest BCUT2D eigenvalue weighted by Gasteiger charge is -2.24. The van der Waals surface area contributed by atoms with Gasteiger partial charge in [0.05, 0.1) is 25.0 Å². The molecule has 1 aromatic carbocycles. The molecule has 0 saturated heterocycles. The van der Waals surface area contributed by atoms with Crippen LogP contribution in [0.3, 0.4) is 0 Å². The summed E-state index contributed by atoms with van der Waals surface area (Å²) in [6.07, 6.45) is 2.48. The van der Waals surface area contributed by atoms with Gasteiger partial charge in [0.15, 0.2) is 0 Å². The van der Waals surface area contributed by atoms with Crippen molar-refractivity contribution in [3.05, 3.63) is 53.5 Å². The number of amides is 1. The summed E-state index contributed by atoms with van der Waals surface area (Å²) in [5.74, 6) is -0.682. The zero-order valence-electron chi connectivity index (χ0n) is 14.6. The maximum absolute atomic E-state index is 12.4. The number of nitrogens with one attached hydrogen (secondary N) is 1. The maximum atomic E-state index is 12.4. The van der Waals surface area contributed by atoms with Gasteiger partial charge in [-0.1, -0.05) is 18.2 Å². The summed E-state index contributed by atoms with van der Waals surface area (Å²) in [7, 11) is 0. The van der Waals surface area contributed by atoms with E-state index in [2.05, 4.69) is 29.3 Å². The Morgan fingerprint density at radius 1 is 1.35 bits per heavy atom. The first-order valence-corrected chi connectivity index (χ1v) is 8.55. The third-order valence-electron chi connectivity index (χ3n) is 4.41. The second kappa shape index (κ2) is 8.05. The highest BCUT2D eigenvalue weighted by atomic mass is 16.5. The standard InChI is InChI=1S/C19H22N2O5/c1-13-10-14-4-2-3-5-16(14)21(13)11-17-15(6-8-26-17)19(24)20-7-9-25-12-18(22)23/h2-6,8,13H,7,9-12H2,1H3,(H,20,24)(H,22,23). The number of aliphatic carboxylic acids is 1. The molecule has 1 aliphatic heterocycles. The molecule has 2 N–H and O–H groups in total. The van der Waals surface area contributed by atoms with Gasteiger partial charge >= 0.3 is 5.97 Å². The monoisotopic (exact) mass is 358 g/mol. The van der Waals surface area contributed by atoms with Crippen LogP contribution in [0, 0.1) is 0 Å². The van der Waals surface area contributed by atoms with Crippen molar-refractivity contribution in [1.29, 1.82) is 0 Å². The molecule has 0 aliphatic carbocycles. The third kappa shape index (κ3) is 4.05. The van der Waals surface area contributed by atoms with Crippen molar-refractivity contribution < 1.29 is 23.8 Å². The quantitative estimate of drug-likeness (QED) is 0.702. The van der Waals surface area contributed by atoms with Gasteiger partial charge in [0.25, 0.3) is 5.91 Å². The Hall–Kier alpha value is -2.80. The number of carboxylic acid groups (broad SMARTS) is 1. The van der Waals surface area contributed by atoms with Crippen LogP contribution in [0.1, 0.15) is 28.6 Å². The molecule has 1 unspecified atom stereocenters. The first-order valence-electron chi connectivity index (χ1n) is 8.55. The van der Waals surface area contributed by atoms with Gasteiger partial charge in [0.2, 0.25) is 0 Å². The molecule has 26 heavy (non-hydrogen) atoms. The lowest BCUT2D eigenvalue weighted by molar-refractivity contribution is -0.142. The van der Waals surface area contributed by atoms with E-state index in [0.29, 0.717) is 23.9 Å². The molecule has 1 aromatic heterocycles. The second-order valence-electron chi connectivity index (χ2n) is 6.27. The molecule has 3 rings (SSSR count). The predicted molar refractivity (Wildman–Crippen MR) is 95.3 cm³/mol. The van der Waals surface area contributed by atoms with Crippen LogP contribution in [-0.4, -0.2) is 42.8 Å². The molecule has 0 spiro atoms. The van der Waals surface area contributed by atoms with Crippen LogP contribution >= 0.6 is 0 Å². The molecule has 0 fully saturated rings. The van der Waals surface area contributed by atoms with Gasteiger partial charge in [-0.3, -0.25) is 4.79 Å². The number of ether oxygens (including phenoxy) is 1. The zero-order chi connectivity index (χ0) is 18.5. The Kier molecular flexibility index (Phi) is 5.58. The molecule has 0 saturated carbocycles. The molecule has 7 nitrogen and oxygen atoms in total. The number of rotatable bonds is 8. The number of furan rings is 1. The van der Waals surface area contributed by atoms with Crippen molar-refractivity contribution in [2.75, 3.05) is 24.7 Å². The van der Waals surface area contributed by atoms with Gasteiger partial charge in [0.1, 0.15) is 12.4 Å². The van der Waals surface area contributed by atoms with E-state index in [0.717, 1.165) is 6.42 Å². The van der Waals surface area contributed by atoms with Crippen molar-refractivity contribution in [1.82, 2.24) is 5.32 Å². The van der Waals surface area contributed by atoms with Crippen LogP contribution in [0.4, 0.5) is 5.69 Å². The largest absolute Gasteiger partial charge is 0.480 e. The summed E-state index contributed by atoms with van der Waals surface area (Å²) < 4.78 is 10.5. The third-order valence-corrected chi connectivity index (χ3v) is 4.41. The average Bonchev–Trinajstić information content (AvgIpc) is 3.19. The number of hydrogen-bond acceptors (Lipinski definition) is 5. The maximum Gasteiger partial charge on any atom is 0.329 e. The number of anilines is 1. The number of carboxylic acids is 1. The van der Waals surface area contributed by atoms with Crippen LogP contribution < -0.4 is 10.2 Å². The summed E-state index contributed by atoms with van der Waals surface area (Å²) in [4.78, 5) is 25.0. The minimum Gasteiger partial charge on any atom is -0.480 e. The van der Waals surface area contributed by atoms with Gasteiger partial charge in [0, 0.05) is 18.3 Å². The van der Waals surface area contributed by atoms with Gasteiger partial charge in [-0.05, 0) is 31.0 Å². The summed E-state index contributed by atoms with van der Waals surface area (Å²) in [6.45, 7) is 2.67. The molecule has 7 heteroatoms. The zero-order valence-corrected chi connectivity index (χ0v) is 14.6. The minimum absolute atomic E-state index is 0.141. The molecule has 1 aliphatic rings. The highest BCUT2D eigenvalue weighted by molar-refractivity contribution is 5.95. The molecular weight excluding hydrogens is 336 g/mol. The lowest BCUT2D eigenvalue weighted by Crippen LogP contribution is -2.31. The number of carbonyl (C=O) groups excluding carboxylic acids is 1. The topological polar surface area (TPSA) is 92.0 Å². The SMILES string of the molecule is CC1Cc2ccccc2N1Cc1occc1C(=O)NCCOCC(=O)O. The summed E-state index contributed by atoms with van der Waals surface area (Å²) in [5.41, 5.74) is 2.96. The Morgan fingerprint density at radius 3 is 2.96 bits per heavy atom. The molecule has 2 aromatic rings. The van der Waals surface area contributed by atoms with E-state index < -0.39 is 5.97 Å². The van der Waals surface area contributed by atoms with Crippen molar-refractivity contribution in [3.63, 3.8) is 0 Å². The summed E-state index contributed by atoms with van der Waals surface area (Å²) in [6, 6.07) is 10.2. The minimum atomic E-state index is -1.03. The molecule has 138 valence electrons. The normalized spacial score (nSPS) is 15.7. The molecule has 0 bridgehead atoms. The van der Waals surface area contributed by atoms with E-state index in [9.17, 15) is 9.59 Å². The highest BCUT2D eigenvalue weighted by Gasteiger charge is 2.27. The van der Waals surface area contributed by atoms with Gasteiger partial charge < -0.3 is 24.5 Å². The van der Waals surface area contributed by atoms with E-state index >= 15 is 0 Å². The predicted octanol–water partition coefficient (Wildman–Crippen LogP) is 2.06. The molecule has 1 atom stereocenters. The fourth-order valence-electron chi connectivity index (χ4n) is 3.18. The van der Waals surface area contributed by atoms with E-state index in [1.165, 1.54) is 17.5 Å². The molecule has 0 radical (unpaired) electrons. The highest BCUT2D eigenvalue weighted by Crippen LogP contribution is 2.33. The second-order valence-corrected chi connectivity index (χ2v) is 6.27. The van der Waals surface area contributed by atoms with Gasteiger partial charge in [-0.15, -0.1) is 0 Å². The van der Waals surface area contributed by atoms with Crippen molar-refractivity contribution >= 4 is 17.6 Å². The lowest BCUT2D eigenvalue weighted by atomic mass is 10.1. The smallest absolute Gasteiger partial charge is 0.329 e. The van der Waals surface area contributed by atoms with E-state index in [4.69, 9.17) is 14.3 Å². The van der Waals surface area contributed by atoms with Gasteiger partial charge in [-0.25, -0.2) is 4.79 Å². The Balaban J connectivity index is 1.60. The fourth-order valence-corrected chi connectivity index (χ4v) is 3.18. The van der Waals surface area contributed by atoms with Crippen LogP contribution in [0.5, 0.6) is 0 Å². The van der Waals surface area contributed by atoms with Crippen molar-refractivity contribution in [2.24, 2.45) is 0 Å². The first kappa shape index (κ1) is 18.0. The first-order chi connectivity index (χ1) is 12.6. The number of hydrogen-bond donors (Lipinski definition) is 2. The molecule has 1 amide bonds. The number of nitrogens with zero attached hydrogens (tertiary/aromatic N) is 1. The average molecular weight is 358 g/mol. The van der Waals surface area contributed by atoms with Crippen LogP contribution in [-0.2, 0) is 22.5 Å². The Labute approximate surface area is 151 Å². The van der Waals surface area contributed by atoms with Crippen molar-refractivity contribution in [2.45, 2.75) is 25.9 Å². The van der Waals surface area contributed by atoms with E-state index in [1.54, 1.807) is 6.07 Å². The van der Waals surface area contributed by atoms with E-state index in [1.807, 2.05) is 12.1 Å². The van der Waals surface area contributed by atoms with Crippen LogP contribution in [0.25, 0.3) is 0 Å². The number of carbonyl (C=O) groups is 2. The fraction of sp³-hybridized carbons (Fsp3) is 0.368. The number of fused-ring (bicyclic) bond motifs is 1.